The van der Waals surface area contributed by atoms with Crippen molar-refractivity contribution < 1.29 is 0 Å². The molecule has 1 heteroatoms. The van der Waals surface area contributed by atoms with E-state index in [2.05, 4.69) is 17.4 Å². The summed E-state index contributed by atoms with van der Waals surface area (Å²) in [6.45, 7) is 4.19. The molecular formula is C11H11N. The highest BCUT2D eigenvalue weighted by atomic mass is 14.7. The first-order chi connectivity index (χ1) is 5.93. The molecule has 0 heterocycles. The number of aliphatic imine (C=N–C) groups is 1. The summed E-state index contributed by atoms with van der Waals surface area (Å²) < 4.78 is 0. The summed E-state index contributed by atoms with van der Waals surface area (Å²) in [4.78, 5) is 3.96. The van der Waals surface area contributed by atoms with Gasteiger partial charge in [-0.3, -0.25) is 0 Å². The third-order valence-corrected chi connectivity index (χ3v) is 1.34. The monoisotopic (exact) mass is 157 g/mol. The minimum Gasteiger partial charge on any atom is -0.239 e. The maximum atomic E-state index is 3.96. The smallest absolute Gasteiger partial charge is 0.0662 e. The van der Waals surface area contributed by atoms with Crippen molar-refractivity contribution in [1.82, 2.24) is 0 Å². The van der Waals surface area contributed by atoms with E-state index < -0.39 is 0 Å². The fourth-order valence-corrected chi connectivity index (χ4v) is 0.787. The largest absolute Gasteiger partial charge is 0.239 e. The molecule has 0 bridgehead atoms. The molecule has 1 rings (SSSR count). The van der Waals surface area contributed by atoms with Gasteiger partial charge in [-0.15, -0.1) is 6.58 Å². The van der Waals surface area contributed by atoms with Crippen molar-refractivity contribution in [3.63, 3.8) is 0 Å². The molecule has 0 atom stereocenters. The zero-order chi connectivity index (χ0) is 8.65. The number of hydrogen-bond donors (Lipinski definition) is 0. The van der Waals surface area contributed by atoms with Crippen LogP contribution in [0.15, 0.2) is 48.0 Å². The van der Waals surface area contributed by atoms with Gasteiger partial charge in [-0.1, -0.05) is 36.4 Å². The first-order valence-corrected chi connectivity index (χ1v) is 3.84. The maximum Gasteiger partial charge on any atom is 0.0662 e. The fraction of sp³-hybridized carbons (Fsp3) is 0.0909. The van der Waals surface area contributed by atoms with Crippen molar-refractivity contribution in [3.05, 3.63) is 48.6 Å². The predicted molar refractivity (Wildman–Crippen MR) is 53.4 cm³/mol. The van der Waals surface area contributed by atoms with Gasteiger partial charge in [0.15, 0.2) is 0 Å². The molecular weight excluding hydrogens is 146 g/mol. The minimum absolute atomic E-state index is 0.628. The Kier molecular flexibility index (Phi) is 3.62. The Morgan fingerprint density at radius 1 is 1.33 bits per heavy atom. The van der Waals surface area contributed by atoms with Crippen molar-refractivity contribution in [2.24, 2.45) is 4.99 Å². The molecule has 0 aliphatic rings. The second-order valence-corrected chi connectivity index (χ2v) is 2.31. The van der Waals surface area contributed by atoms with E-state index in [-0.39, 0.29) is 0 Å². The van der Waals surface area contributed by atoms with Crippen LogP contribution >= 0.6 is 0 Å². The van der Waals surface area contributed by atoms with Crippen LogP contribution in [0.1, 0.15) is 5.56 Å². The van der Waals surface area contributed by atoms with E-state index in [0.717, 1.165) is 5.56 Å². The molecule has 0 unspecified atom stereocenters. The maximum absolute atomic E-state index is 3.96. The Morgan fingerprint density at radius 2 is 2.08 bits per heavy atom. The zero-order valence-corrected chi connectivity index (χ0v) is 6.90. The summed E-state index contributed by atoms with van der Waals surface area (Å²) in [7, 11) is 0. The lowest BCUT2D eigenvalue weighted by Crippen LogP contribution is -1.70. The molecule has 0 aliphatic carbocycles. The lowest BCUT2D eigenvalue weighted by atomic mass is 10.2. The van der Waals surface area contributed by atoms with E-state index in [1.807, 2.05) is 36.4 Å². The van der Waals surface area contributed by atoms with Gasteiger partial charge in [-0.25, -0.2) is 4.99 Å². The first-order valence-electron chi connectivity index (χ1n) is 3.84. The van der Waals surface area contributed by atoms with E-state index in [4.69, 9.17) is 0 Å². The molecule has 1 nitrogen and oxygen atoms in total. The Labute approximate surface area is 72.8 Å². The summed E-state index contributed by atoms with van der Waals surface area (Å²) in [6, 6.07) is 9.98. The van der Waals surface area contributed by atoms with Gasteiger partial charge in [0.2, 0.25) is 0 Å². The van der Waals surface area contributed by atoms with E-state index in [1.165, 1.54) is 0 Å². The lowest BCUT2D eigenvalue weighted by Gasteiger charge is -1.85. The SMILES string of the molecule is C=CCN=C=Cc1ccccc1. The third kappa shape index (κ3) is 3.00. The van der Waals surface area contributed by atoms with Crippen LogP contribution in [-0.2, 0) is 0 Å². The molecule has 1 aromatic rings. The molecule has 60 valence electrons. The van der Waals surface area contributed by atoms with Crippen LogP contribution in [0, 0.1) is 0 Å². The van der Waals surface area contributed by atoms with E-state index in [0.29, 0.717) is 6.54 Å². The van der Waals surface area contributed by atoms with Gasteiger partial charge in [0.1, 0.15) is 0 Å². The van der Waals surface area contributed by atoms with Crippen LogP contribution in [-0.4, -0.2) is 12.4 Å². The van der Waals surface area contributed by atoms with Gasteiger partial charge in [0, 0.05) is 6.08 Å². The predicted octanol–water partition coefficient (Wildman–Crippen LogP) is 2.56. The molecule has 0 N–H and O–H groups in total. The summed E-state index contributed by atoms with van der Waals surface area (Å²) in [5, 5.41) is 0. The lowest BCUT2D eigenvalue weighted by molar-refractivity contribution is 1.27. The van der Waals surface area contributed by atoms with Gasteiger partial charge < -0.3 is 0 Å². The van der Waals surface area contributed by atoms with E-state index in [1.54, 1.807) is 6.08 Å². The Balaban J connectivity index is 2.63. The van der Waals surface area contributed by atoms with Crippen LogP contribution in [0.4, 0.5) is 0 Å². The molecule has 0 aromatic heterocycles. The second kappa shape index (κ2) is 5.11. The van der Waals surface area contributed by atoms with Crippen LogP contribution in [0.25, 0.3) is 6.08 Å². The van der Waals surface area contributed by atoms with Crippen LogP contribution in [0.2, 0.25) is 0 Å². The Morgan fingerprint density at radius 3 is 2.75 bits per heavy atom. The van der Waals surface area contributed by atoms with Crippen LogP contribution in [0.3, 0.4) is 0 Å². The van der Waals surface area contributed by atoms with E-state index in [9.17, 15) is 0 Å². The number of hydrogen-bond acceptors (Lipinski definition) is 1. The first kappa shape index (κ1) is 8.51. The average molecular weight is 157 g/mol. The number of rotatable bonds is 3. The summed E-state index contributed by atoms with van der Waals surface area (Å²) in [5.41, 5.74) is 1.12. The van der Waals surface area contributed by atoms with Crippen LogP contribution in [0.5, 0.6) is 0 Å². The molecule has 0 saturated heterocycles. The van der Waals surface area contributed by atoms with Gasteiger partial charge in [0.25, 0.3) is 0 Å². The van der Waals surface area contributed by atoms with Crippen molar-refractivity contribution in [3.8, 4) is 0 Å². The van der Waals surface area contributed by atoms with Gasteiger partial charge in [-0.05, 0) is 11.4 Å². The van der Waals surface area contributed by atoms with Crippen molar-refractivity contribution >= 4 is 11.9 Å². The Bertz CT molecular complexity index is 292. The summed E-state index contributed by atoms with van der Waals surface area (Å²) in [6.07, 6.45) is 3.59. The summed E-state index contributed by atoms with van der Waals surface area (Å²) >= 11 is 0. The summed E-state index contributed by atoms with van der Waals surface area (Å²) in [5.74, 6) is 2.83. The fourth-order valence-electron chi connectivity index (χ4n) is 0.787. The van der Waals surface area contributed by atoms with Gasteiger partial charge >= 0.3 is 0 Å². The molecule has 0 aliphatic heterocycles. The highest BCUT2D eigenvalue weighted by Crippen LogP contribution is 1.97. The normalized spacial score (nSPS) is 8.33. The number of benzene rings is 1. The highest BCUT2D eigenvalue weighted by molar-refractivity contribution is 5.77. The Hall–Kier alpha value is -1.59. The average Bonchev–Trinajstić information content (AvgIpc) is 2.14. The van der Waals surface area contributed by atoms with Crippen molar-refractivity contribution in [2.75, 3.05) is 6.54 Å². The quantitative estimate of drug-likeness (QED) is 0.472. The van der Waals surface area contributed by atoms with E-state index >= 15 is 0 Å². The van der Waals surface area contributed by atoms with Gasteiger partial charge in [0.05, 0.1) is 6.54 Å². The standard InChI is InChI=1S/C11H11N/c1-2-9-12-10-8-11-6-4-3-5-7-11/h2-8H,1,9H2. The molecule has 12 heavy (non-hydrogen) atoms. The molecule has 0 radical (unpaired) electrons. The number of nitrogens with zero attached hydrogens (tertiary/aromatic N) is 1. The van der Waals surface area contributed by atoms with Crippen molar-refractivity contribution in [2.45, 2.75) is 0 Å². The van der Waals surface area contributed by atoms with Crippen molar-refractivity contribution in [1.29, 1.82) is 0 Å². The highest BCUT2D eigenvalue weighted by Gasteiger charge is 1.78. The van der Waals surface area contributed by atoms with Gasteiger partial charge in [-0.2, -0.15) is 0 Å². The second-order valence-electron chi connectivity index (χ2n) is 2.31. The topological polar surface area (TPSA) is 12.4 Å². The third-order valence-electron chi connectivity index (χ3n) is 1.34. The minimum atomic E-state index is 0.628. The zero-order valence-electron chi connectivity index (χ0n) is 6.90. The molecule has 1 aromatic carbocycles. The molecule has 0 fully saturated rings. The molecule has 0 amide bonds. The molecule has 0 saturated carbocycles. The molecule has 0 spiro atoms. The van der Waals surface area contributed by atoms with Crippen LogP contribution < -0.4 is 0 Å².